The maximum absolute atomic E-state index is 11.9. The molecule has 23 heavy (non-hydrogen) atoms. The third-order valence-corrected chi connectivity index (χ3v) is 4.72. The topological polar surface area (TPSA) is 55.8 Å². The summed E-state index contributed by atoms with van der Waals surface area (Å²) in [6.45, 7) is 6.64. The zero-order valence-corrected chi connectivity index (χ0v) is 15.6. The van der Waals surface area contributed by atoms with E-state index in [2.05, 4.69) is 20.8 Å². The summed E-state index contributed by atoms with van der Waals surface area (Å²) < 4.78 is 22.0. The number of hydrogen-bond donors (Lipinski definition) is 1. The summed E-state index contributed by atoms with van der Waals surface area (Å²) in [4.78, 5) is 9.73. The highest BCUT2D eigenvalue weighted by Gasteiger charge is 2.22. The molecule has 0 bridgehead atoms. The fourth-order valence-corrected chi connectivity index (χ4v) is 3.11. The SMILES string of the molecule is CCCCCCCCCOP(=O)(O)Oc1ccc(C(C)C)cc1. The molecule has 1 N–H and O–H groups in total. The summed E-state index contributed by atoms with van der Waals surface area (Å²) in [7, 11) is -4.02. The Morgan fingerprint density at radius 2 is 1.57 bits per heavy atom. The zero-order valence-electron chi connectivity index (χ0n) is 14.7. The van der Waals surface area contributed by atoms with E-state index in [0.717, 1.165) is 24.8 Å². The van der Waals surface area contributed by atoms with Crippen LogP contribution in [0.5, 0.6) is 5.75 Å². The summed E-state index contributed by atoms with van der Waals surface area (Å²) >= 11 is 0. The Balaban J connectivity index is 2.23. The molecule has 1 aromatic carbocycles. The molecule has 132 valence electrons. The molecule has 5 heteroatoms. The summed E-state index contributed by atoms with van der Waals surface area (Å²) in [5, 5.41) is 0. The molecule has 4 nitrogen and oxygen atoms in total. The van der Waals surface area contributed by atoms with Crippen molar-refractivity contribution in [3.63, 3.8) is 0 Å². The molecule has 0 saturated carbocycles. The van der Waals surface area contributed by atoms with E-state index in [-0.39, 0.29) is 6.61 Å². The van der Waals surface area contributed by atoms with E-state index in [1.54, 1.807) is 12.1 Å². The van der Waals surface area contributed by atoms with Gasteiger partial charge in [0.1, 0.15) is 5.75 Å². The maximum Gasteiger partial charge on any atom is 0.527 e. The highest BCUT2D eigenvalue weighted by Crippen LogP contribution is 2.44. The van der Waals surface area contributed by atoms with E-state index >= 15 is 0 Å². The van der Waals surface area contributed by atoms with Gasteiger partial charge in [0, 0.05) is 0 Å². The minimum Gasteiger partial charge on any atom is -0.404 e. The fourth-order valence-electron chi connectivity index (χ4n) is 2.31. The molecular weight excluding hydrogens is 311 g/mol. The van der Waals surface area contributed by atoms with Gasteiger partial charge in [-0.05, 0) is 30.0 Å². The second kappa shape index (κ2) is 10.9. The van der Waals surface area contributed by atoms with Gasteiger partial charge in [-0.1, -0.05) is 71.4 Å². The lowest BCUT2D eigenvalue weighted by Crippen LogP contribution is -1.99. The van der Waals surface area contributed by atoms with Gasteiger partial charge in [0.2, 0.25) is 0 Å². The van der Waals surface area contributed by atoms with Crippen molar-refractivity contribution in [1.82, 2.24) is 0 Å². The number of phosphoric acid groups is 1. The molecule has 0 aliphatic carbocycles. The van der Waals surface area contributed by atoms with E-state index in [4.69, 9.17) is 9.05 Å². The smallest absolute Gasteiger partial charge is 0.404 e. The first-order valence-corrected chi connectivity index (χ1v) is 10.2. The monoisotopic (exact) mass is 342 g/mol. The minimum atomic E-state index is -4.02. The fraction of sp³-hybridized carbons (Fsp3) is 0.667. The van der Waals surface area contributed by atoms with Gasteiger partial charge in [0.05, 0.1) is 6.61 Å². The van der Waals surface area contributed by atoms with E-state index < -0.39 is 7.82 Å². The normalized spacial score (nSPS) is 14.0. The van der Waals surface area contributed by atoms with Crippen molar-refractivity contribution in [3.8, 4) is 5.75 Å². The highest BCUT2D eigenvalue weighted by atomic mass is 31.2. The van der Waals surface area contributed by atoms with Crippen molar-refractivity contribution in [2.24, 2.45) is 0 Å². The Morgan fingerprint density at radius 1 is 1.00 bits per heavy atom. The van der Waals surface area contributed by atoms with Crippen LogP contribution < -0.4 is 4.52 Å². The molecule has 1 atom stereocenters. The molecule has 0 spiro atoms. The van der Waals surface area contributed by atoms with Crippen molar-refractivity contribution in [2.45, 2.75) is 71.6 Å². The Kier molecular flexibility index (Phi) is 9.54. The van der Waals surface area contributed by atoms with Crippen molar-refractivity contribution < 1.29 is 18.5 Å². The largest absolute Gasteiger partial charge is 0.527 e. The summed E-state index contributed by atoms with van der Waals surface area (Å²) in [5.41, 5.74) is 1.16. The molecule has 0 heterocycles. The molecule has 1 unspecified atom stereocenters. The second-order valence-corrected chi connectivity index (χ2v) is 7.62. The van der Waals surface area contributed by atoms with Gasteiger partial charge in [0.15, 0.2) is 0 Å². The van der Waals surface area contributed by atoms with Crippen LogP contribution in [0.4, 0.5) is 0 Å². The van der Waals surface area contributed by atoms with Crippen LogP contribution in [-0.4, -0.2) is 11.5 Å². The molecule has 0 fully saturated rings. The quantitative estimate of drug-likeness (QED) is 0.371. The van der Waals surface area contributed by atoms with Crippen LogP contribution in [0.2, 0.25) is 0 Å². The van der Waals surface area contributed by atoms with E-state index in [1.165, 1.54) is 25.7 Å². The predicted molar refractivity (Wildman–Crippen MR) is 94.9 cm³/mol. The van der Waals surface area contributed by atoms with Crippen molar-refractivity contribution >= 4 is 7.82 Å². The number of unbranched alkanes of at least 4 members (excludes halogenated alkanes) is 6. The third-order valence-electron chi connectivity index (χ3n) is 3.77. The lowest BCUT2D eigenvalue weighted by atomic mass is 10.0. The van der Waals surface area contributed by atoms with Crippen LogP contribution in [0.15, 0.2) is 24.3 Å². The van der Waals surface area contributed by atoms with Crippen LogP contribution in [0, 0.1) is 0 Å². The summed E-state index contributed by atoms with van der Waals surface area (Å²) in [6, 6.07) is 7.21. The Hall–Kier alpha value is -0.830. The molecule has 1 aromatic rings. The van der Waals surface area contributed by atoms with Gasteiger partial charge in [0.25, 0.3) is 0 Å². The standard InChI is InChI=1S/C18H31O4P/c1-4-5-6-7-8-9-10-15-21-23(19,20)22-18-13-11-17(12-14-18)16(2)3/h11-14,16H,4-10,15H2,1-3H3,(H,19,20). The minimum absolute atomic E-state index is 0.256. The molecule has 0 aromatic heterocycles. The van der Waals surface area contributed by atoms with Gasteiger partial charge in [-0.2, -0.15) is 0 Å². The van der Waals surface area contributed by atoms with Gasteiger partial charge in [-0.15, -0.1) is 0 Å². The third kappa shape index (κ3) is 9.14. The van der Waals surface area contributed by atoms with Crippen LogP contribution in [0.3, 0.4) is 0 Å². The first-order chi connectivity index (χ1) is 10.9. The summed E-state index contributed by atoms with van der Waals surface area (Å²) in [6.07, 6.45) is 7.97. The van der Waals surface area contributed by atoms with Crippen LogP contribution in [-0.2, 0) is 9.09 Å². The Labute approximate surface area is 140 Å². The van der Waals surface area contributed by atoms with Gasteiger partial charge < -0.3 is 4.52 Å². The average molecular weight is 342 g/mol. The predicted octanol–water partition coefficient (Wildman–Crippen LogP) is 6.06. The molecular formula is C18H31O4P. The number of benzene rings is 1. The molecule has 0 amide bonds. The molecule has 0 aliphatic heterocycles. The van der Waals surface area contributed by atoms with E-state index in [9.17, 15) is 9.46 Å². The first-order valence-electron chi connectivity index (χ1n) is 8.71. The second-order valence-electron chi connectivity index (χ2n) is 6.24. The van der Waals surface area contributed by atoms with Crippen LogP contribution in [0.25, 0.3) is 0 Å². The molecule has 0 aliphatic rings. The number of rotatable bonds is 12. The lowest BCUT2D eigenvalue weighted by Gasteiger charge is -2.14. The van der Waals surface area contributed by atoms with E-state index in [0.29, 0.717) is 11.7 Å². The van der Waals surface area contributed by atoms with Crippen LogP contribution in [0.1, 0.15) is 77.2 Å². The van der Waals surface area contributed by atoms with Crippen molar-refractivity contribution in [1.29, 1.82) is 0 Å². The first kappa shape index (κ1) is 20.2. The summed E-state index contributed by atoms with van der Waals surface area (Å²) in [5.74, 6) is 0.776. The van der Waals surface area contributed by atoms with Crippen LogP contribution >= 0.6 is 7.82 Å². The zero-order chi connectivity index (χ0) is 17.1. The van der Waals surface area contributed by atoms with Crippen molar-refractivity contribution in [2.75, 3.05) is 6.61 Å². The molecule has 1 rings (SSSR count). The molecule has 0 radical (unpaired) electrons. The Morgan fingerprint density at radius 3 is 2.13 bits per heavy atom. The average Bonchev–Trinajstić information content (AvgIpc) is 2.50. The number of hydrogen-bond acceptors (Lipinski definition) is 3. The van der Waals surface area contributed by atoms with Gasteiger partial charge in [-0.25, -0.2) is 4.57 Å². The number of phosphoric ester groups is 1. The maximum atomic E-state index is 11.9. The van der Waals surface area contributed by atoms with E-state index in [1.807, 2.05) is 12.1 Å². The van der Waals surface area contributed by atoms with Gasteiger partial charge in [-0.3, -0.25) is 9.42 Å². The van der Waals surface area contributed by atoms with Gasteiger partial charge >= 0.3 is 7.82 Å². The highest BCUT2D eigenvalue weighted by molar-refractivity contribution is 7.47. The lowest BCUT2D eigenvalue weighted by molar-refractivity contribution is 0.199. The Bertz CT molecular complexity index is 470. The van der Waals surface area contributed by atoms with Crippen molar-refractivity contribution in [3.05, 3.63) is 29.8 Å². The molecule has 0 saturated heterocycles.